The minimum absolute atomic E-state index is 0.359. The fourth-order valence-electron chi connectivity index (χ4n) is 2.37. The molecule has 1 N–H and O–H groups in total. The largest absolute Gasteiger partial charge is 0.389 e. The Hall–Kier alpha value is -1.02. The van der Waals surface area contributed by atoms with Crippen LogP contribution in [0.15, 0.2) is 24.3 Å². The second-order valence-corrected chi connectivity index (χ2v) is 5.59. The number of hydrogen-bond acceptors (Lipinski definition) is 2. The fraction of sp³-hybridized carbons (Fsp3) is 0.600. The number of nitrogens with zero attached hydrogens (tertiary/aromatic N) is 1. The summed E-state index contributed by atoms with van der Waals surface area (Å²) in [5.41, 5.74) is 2.35. The molecule has 2 saturated carbocycles. The Morgan fingerprint density at radius 3 is 2.29 bits per heavy atom. The van der Waals surface area contributed by atoms with Gasteiger partial charge in [-0.2, -0.15) is 0 Å². The molecule has 0 aliphatic heterocycles. The SMILES string of the molecule is C[C@@H](O)c1ccc(N(CC2CC2)C2CC2)cc1. The molecule has 0 heterocycles. The van der Waals surface area contributed by atoms with Gasteiger partial charge in [0.15, 0.2) is 0 Å². The molecule has 0 aromatic heterocycles. The van der Waals surface area contributed by atoms with Gasteiger partial charge in [0.2, 0.25) is 0 Å². The van der Waals surface area contributed by atoms with E-state index in [0.29, 0.717) is 0 Å². The highest BCUT2D eigenvalue weighted by molar-refractivity contribution is 5.50. The van der Waals surface area contributed by atoms with Crippen LogP contribution in [0.5, 0.6) is 0 Å². The zero-order valence-electron chi connectivity index (χ0n) is 10.5. The van der Waals surface area contributed by atoms with Gasteiger partial charge < -0.3 is 10.0 Å². The summed E-state index contributed by atoms with van der Waals surface area (Å²) in [7, 11) is 0. The van der Waals surface area contributed by atoms with Crippen molar-refractivity contribution in [1.29, 1.82) is 0 Å². The van der Waals surface area contributed by atoms with E-state index in [-0.39, 0.29) is 6.10 Å². The Bertz CT molecular complexity index is 376. The van der Waals surface area contributed by atoms with Crippen LogP contribution < -0.4 is 4.90 Å². The van der Waals surface area contributed by atoms with Crippen molar-refractivity contribution >= 4 is 5.69 Å². The molecule has 2 heteroatoms. The van der Waals surface area contributed by atoms with Crippen molar-refractivity contribution < 1.29 is 5.11 Å². The highest BCUT2D eigenvalue weighted by Gasteiger charge is 2.33. The van der Waals surface area contributed by atoms with Gasteiger partial charge in [-0.15, -0.1) is 0 Å². The molecule has 0 bridgehead atoms. The number of benzene rings is 1. The zero-order chi connectivity index (χ0) is 11.8. The van der Waals surface area contributed by atoms with E-state index in [1.165, 1.54) is 37.9 Å². The van der Waals surface area contributed by atoms with E-state index in [1.807, 2.05) is 6.92 Å². The van der Waals surface area contributed by atoms with E-state index in [0.717, 1.165) is 17.5 Å². The van der Waals surface area contributed by atoms with Gasteiger partial charge in [0.05, 0.1) is 6.10 Å². The number of anilines is 1. The first-order chi connectivity index (χ1) is 8.24. The van der Waals surface area contributed by atoms with Crippen molar-refractivity contribution in [1.82, 2.24) is 0 Å². The van der Waals surface area contributed by atoms with Crippen molar-refractivity contribution in [3.8, 4) is 0 Å². The molecule has 0 saturated heterocycles. The predicted molar refractivity (Wildman–Crippen MR) is 70.2 cm³/mol. The average Bonchev–Trinajstić information content (AvgIpc) is 3.18. The minimum atomic E-state index is -0.359. The Labute approximate surface area is 103 Å². The van der Waals surface area contributed by atoms with Gasteiger partial charge in [0.1, 0.15) is 0 Å². The molecule has 0 spiro atoms. The molecule has 3 rings (SSSR count). The lowest BCUT2D eigenvalue weighted by Crippen LogP contribution is -2.27. The predicted octanol–water partition coefficient (Wildman–Crippen LogP) is 3.12. The lowest BCUT2D eigenvalue weighted by atomic mass is 10.1. The summed E-state index contributed by atoms with van der Waals surface area (Å²) in [5.74, 6) is 0.937. The van der Waals surface area contributed by atoms with Gasteiger partial charge in [0.25, 0.3) is 0 Å². The summed E-state index contributed by atoms with van der Waals surface area (Å²) >= 11 is 0. The fourth-order valence-corrected chi connectivity index (χ4v) is 2.37. The minimum Gasteiger partial charge on any atom is -0.389 e. The molecular weight excluding hydrogens is 210 g/mol. The van der Waals surface area contributed by atoms with Gasteiger partial charge in [-0.3, -0.25) is 0 Å². The lowest BCUT2D eigenvalue weighted by Gasteiger charge is -2.25. The number of hydrogen-bond donors (Lipinski definition) is 1. The standard InChI is InChI=1S/C15H21NO/c1-11(17)13-4-6-14(7-5-13)16(15-8-9-15)10-12-2-3-12/h4-7,11-12,15,17H,2-3,8-10H2,1H3/t11-/m1/s1. The zero-order valence-corrected chi connectivity index (χ0v) is 10.5. The average molecular weight is 231 g/mol. The molecule has 0 radical (unpaired) electrons. The summed E-state index contributed by atoms with van der Waals surface area (Å²) < 4.78 is 0. The van der Waals surface area contributed by atoms with Crippen molar-refractivity contribution in [2.45, 2.75) is 44.8 Å². The summed E-state index contributed by atoms with van der Waals surface area (Å²) in [4.78, 5) is 2.57. The van der Waals surface area contributed by atoms with Crippen LogP contribution in [0.3, 0.4) is 0 Å². The third-order valence-electron chi connectivity index (χ3n) is 3.85. The molecular formula is C15H21NO. The quantitative estimate of drug-likeness (QED) is 0.841. The number of aliphatic hydroxyl groups excluding tert-OH is 1. The van der Waals surface area contributed by atoms with Crippen LogP contribution >= 0.6 is 0 Å². The second-order valence-electron chi connectivity index (χ2n) is 5.59. The van der Waals surface area contributed by atoms with Crippen molar-refractivity contribution in [2.24, 2.45) is 5.92 Å². The normalized spacial score (nSPS) is 21.3. The van der Waals surface area contributed by atoms with Crippen LogP contribution in [0.25, 0.3) is 0 Å². The molecule has 2 fully saturated rings. The van der Waals surface area contributed by atoms with E-state index >= 15 is 0 Å². The van der Waals surface area contributed by atoms with Crippen LogP contribution in [0.1, 0.15) is 44.3 Å². The van der Waals surface area contributed by atoms with Crippen LogP contribution in [-0.2, 0) is 0 Å². The Balaban J connectivity index is 1.75. The maximum atomic E-state index is 9.52. The number of aliphatic hydroxyl groups is 1. The molecule has 92 valence electrons. The van der Waals surface area contributed by atoms with Gasteiger partial charge >= 0.3 is 0 Å². The smallest absolute Gasteiger partial charge is 0.0761 e. The first-order valence-corrected chi connectivity index (χ1v) is 6.78. The van der Waals surface area contributed by atoms with Gasteiger partial charge in [0, 0.05) is 18.3 Å². The van der Waals surface area contributed by atoms with E-state index in [1.54, 1.807) is 0 Å². The van der Waals surface area contributed by atoms with Crippen LogP contribution in [-0.4, -0.2) is 17.7 Å². The molecule has 1 atom stereocenters. The summed E-state index contributed by atoms with van der Waals surface area (Å²) in [6.45, 7) is 3.05. The molecule has 2 nitrogen and oxygen atoms in total. The monoisotopic (exact) mass is 231 g/mol. The third kappa shape index (κ3) is 2.63. The molecule has 2 aliphatic carbocycles. The van der Waals surface area contributed by atoms with Gasteiger partial charge in [-0.25, -0.2) is 0 Å². The highest BCUT2D eigenvalue weighted by Crippen LogP contribution is 2.37. The maximum absolute atomic E-state index is 9.52. The highest BCUT2D eigenvalue weighted by atomic mass is 16.3. The molecule has 1 aromatic carbocycles. The van der Waals surface area contributed by atoms with Crippen LogP contribution in [0, 0.1) is 5.92 Å². The Kier molecular flexibility index (Phi) is 2.83. The topological polar surface area (TPSA) is 23.5 Å². The molecule has 1 aromatic rings. The molecule has 0 unspecified atom stereocenters. The summed E-state index contributed by atoms with van der Waals surface area (Å²) in [6, 6.07) is 9.24. The van der Waals surface area contributed by atoms with Crippen molar-refractivity contribution in [2.75, 3.05) is 11.4 Å². The maximum Gasteiger partial charge on any atom is 0.0761 e. The lowest BCUT2D eigenvalue weighted by molar-refractivity contribution is 0.199. The number of rotatable bonds is 5. The van der Waals surface area contributed by atoms with Gasteiger partial charge in [-0.1, -0.05) is 12.1 Å². The summed E-state index contributed by atoms with van der Waals surface area (Å²) in [6.07, 6.45) is 5.17. The Morgan fingerprint density at radius 2 is 1.82 bits per heavy atom. The van der Waals surface area contributed by atoms with Gasteiger partial charge in [-0.05, 0) is 56.2 Å². The second kappa shape index (κ2) is 4.34. The van der Waals surface area contributed by atoms with Crippen molar-refractivity contribution in [3.05, 3.63) is 29.8 Å². The van der Waals surface area contributed by atoms with Crippen LogP contribution in [0.4, 0.5) is 5.69 Å². The van der Waals surface area contributed by atoms with E-state index in [2.05, 4.69) is 29.2 Å². The first-order valence-electron chi connectivity index (χ1n) is 6.78. The molecule has 2 aliphatic rings. The molecule has 17 heavy (non-hydrogen) atoms. The molecule has 0 amide bonds. The van der Waals surface area contributed by atoms with E-state index in [9.17, 15) is 5.11 Å². The van der Waals surface area contributed by atoms with Crippen LogP contribution in [0.2, 0.25) is 0 Å². The summed E-state index contributed by atoms with van der Waals surface area (Å²) in [5, 5.41) is 9.52. The van der Waals surface area contributed by atoms with E-state index < -0.39 is 0 Å². The first kappa shape index (κ1) is 11.1. The van der Waals surface area contributed by atoms with Crippen molar-refractivity contribution in [3.63, 3.8) is 0 Å². The Morgan fingerprint density at radius 1 is 1.18 bits per heavy atom. The van der Waals surface area contributed by atoms with E-state index in [4.69, 9.17) is 0 Å². The third-order valence-corrected chi connectivity index (χ3v) is 3.85.